The second-order valence-electron chi connectivity index (χ2n) is 6.29. The van der Waals surface area contributed by atoms with Crippen molar-refractivity contribution < 1.29 is 17.5 Å². The van der Waals surface area contributed by atoms with Gasteiger partial charge >= 0.3 is 0 Å². The lowest BCUT2D eigenvalue weighted by Gasteiger charge is -2.33. The third-order valence-electron chi connectivity index (χ3n) is 4.60. The molecular formula is C18H22FN3O3S. The van der Waals surface area contributed by atoms with E-state index in [1.165, 1.54) is 19.2 Å². The van der Waals surface area contributed by atoms with Gasteiger partial charge in [0, 0.05) is 25.8 Å². The number of anilines is 1. The Bertz CT molecular complexity index is 838. The topological polar surface area (TPSA) is 71.5 Å². The van der Waals surface area contributed by atoms with Gasteiger partial charge in [-0.15, -0.1) is 0 Å². The van der Waals surface area contributed by atoms with Crippen LogP contribution in [-0.4, -0.2) is 40.1 Å². The van der Waals surface area contributed by atoms with Crippen molar-refractivity contribution in [2.45, 2.75) is 17.7 Å². The minimum Gasteiger partial charge on any atom is -0.495 e. The number of methoxy groups -OCH3 is 1. The molecule has 0 saturated carbocycles. The Labute approximate surface area is 153 Å². The van der Waals surface area contributed by atoms with E-state index in [9.17, 15) is 12.8 Å². The molecule has 1 aromatic carbocycles. The van der Waals surface area contributed by atoms with Gasteiger partial charge in [0.15, 0.2) is 0 Å². The zero-order valence-corrected chi connectivity index (χ0v) is 15.4. The van der Waals surface area contributed by atoms with Crippen molar-refractivity contribution in [3.05, 3.63) is 48.5 Å². The number of nitrogens with zero attached hydrogens (tertiary/aromatic N) is 2. The fourth-order valence-corrected chi connectivity index (χ4v) is 4.40. The maximum atomic E-state index is 13.5. The summed E-state index contributed by atoms with van der Waals surface area (Å²) in [5, 5.41) is 0. The van der Waals surface area contributed by atoms with E-state index in [1.54, 1.807) is 6.20 Å². The first-order valence-corrected chi connectivity index (χ1v) is 9.96. The zero-order valence-electron chi connectivity index (χ0n) is 14.6. The Balaban J connectivity index is 1.59. The Morgan fingerprint density at radius 3 is 2.73 bits per heavy atom. The summed E-state index contributed by atoms with van der Waals surface area (Å²) in [5.74, 6) is -0.251. The second kappa shape index (κ2) is 8.01. The molecule has 1 aliphatic heterocycles. The number of ether oxygens (including phenoxy) is 1. The highest BCUT2D eigenvalue weighted by Gasteiger charge is 2.24. The average molecular weight is 379 g/mol. The fourth-order valence-electron chi connectivity index (χ4n) is 3.10. The lowest BCUT2D eigenvalue weighted by molar-refractivity contribution is 0.394. The Kier molecular flexibility index (Phi) is 5.73. The SMILES string of the molecule is COc1ccc(F)cc1S(=O)(=O)NCC1CCN(c2cccnc2)CC1. The Morgan fingerprint density at radius 2 is 2.08 bits per heavy atom. The van der Waals surface area contributed by atoms with Crippen molar-refractivity contribution >= 4 is 15.7 Å². The first kappa shape index (κ1) is 18.6. The van der Waals surface area contributed by atoms with Crippen LogP contribution in [0.25, 0.3) is 0 Å². The van der Waals surface area contributed by atoms with Gasteiger partial charge in [-0.1, -0.05) is 0 Å². The number of sulfonamides is 1. The zero-order chi connectivity index (χ0) is 18.6. The number of benzene rings is 1. The first-order valence-electron chi connectivity index (χ1n) is 8.48. The predicted molar refractivity (Wildman–Crippen MR) is 97.3 cm³/mol. The van der Waals surface area contributed by atoms with Gasteiger partial charge < -0.3 is 9.64 Å². The van der Waals surface area contributed by atoms with E-state index in [-0.39, 0.29) is 16.6 Å². The average Bonchev–Trinajstić information content (AvgIpc) is 2.67. The number of pyridine rings is 1. The van der Waals surface area contributed by atoms with Gasteiger partial charge in [0.2, 0.25) is 10.0 Å². The molecule has 2 heterocycles. The Morgan fingerprint density at radius 1 is 1.31 bits per heavy atom. The molecule has 1 fully saturated rings. The number of rotatable bonds is 6. The van der Waals surface area contributed by atoms with E-state index in [1.807, 2.05) is 18.3 Å². The molecule has 2 aromatic rings. The van der Waals surface area contributed by atoms with Crippen LogP contribution in [0.1, 0.15) is 12.8 Å². The Hall–Kier alpha value is -2.19. The largest absolute Gasteiger partial charge is 0.495 e. The minimum atomic E-state index is -3.83. The molecule has 0 radical (unpaired) electrons. The van der Waals surface area contributed by atoms with Crippen molar-refractivity contribution in [1.29, 1.82) is 0 Å². The van der Waals surface area contributed by atoms with E-state index in [2.05, 4.69) is 14.6 Å². The molecule has 0 spiro atoms. The molecule has 8 heteroatoms. The van der Waals surface area contributed by atoms with Crippen LogP contribution < -0.4 is 14.4 Å². The van der Waals surface area contributed by atoms with E-state index in [4.69, 9.17) is 4.74 Å². The molecule has 0 atom stereocenters. The number of aromatic nitrogens is 1. The summed E-state index contributed by atoms with van der Waals surface area (Å²) in [7, 11) is -2.47. The van der Waals surface area contributed by atoms with Crippen molar-refractivity contribution in [2.75, 3.05) is 31.6 Å². The van der Waals surface area contributed by atoms with Crippen LogP contribution in [-0.2, 0) is 10.0 Å². The molecule has 1 N–H and O–H groups in total. The molecule has 0 bridgehead atoms. The summed E-state index contributed by atoms with van der Waals surface area (Å²) in [4.78, 5) is 6.20. The third kappa shape index (κ3) is 4.31. The molecule has 0 aliphatic carbocycles. The number of nitrogens with one attached hydrogen (secondary N) is 1. The van der Waals surface area contributed by atoms with Crippen LogP contribution in [0.2, 0.25) is 0 Å². The van der Waals surface area contributed by atoms with Crippen molar-refractivity contribution in [3.63, 3.8) is 0 Å². The number of piperidine rings is 1. The van der Waals surface area contributed by atoms with E-state index >= 15 is 0 Å². The van der Waals surface area contributed by atoms with Crippen LogP contribution in [0.15, 0.2) is 47.6 Å². The van der Waals surface area contributed by atoms with Crippen LogP contribution in [0.4, 0.5) is 10.1 Å². The number of hydrogen-bond donors (Lipinski definition) is 1. The van der Waals surface area contributed by atoms with E-state index in [0.29, 0.717) is 6.54 Å². The molecule has 140 valence electrons. The first-order chi connectivity index (χ1) is 12.5. The van der Waals surface area contributed by atoms with Crippen molar-refractivity contribution in [1.82, 2.24) is 9.71 Å². The number of halogens is 1. The monoisotopic (exact) mass is 379 g/mol. The fraction of sp³-hybridized carbons (Fsp3) is 0.389. The molecule has 3 rings (SSSR count). The summed E-state index contributed by atoms with van der Waals surface area (Å²) in [5.41, 5.74) is 1.08. The quantitative estimate of drug-likeness (QED) is 0.835. The summed E-state index contributed by atoms with van der Waals surface area (Å²) < 4.78 is 46.1. The normalized spacial score (nSPS) is 15.8. The second-order valence-corrected chi connectivity index (χ2v) is 8.02. The summed E-state index contributed by atoms with van der Waals surface area (Å²) >= 11 is 0. The van der Waals surface area contributed by atoms with E-state index < -0.39 is 15.8 Å². The van der Waals surface area contributed by atoms with Gasteiger partial charge in [-0.3, -0.25) is 4.98 Å². The van der Waals surface area contributed by atoms with Gasteiger partial charge in [0.1, 0.15) is 16.5 Å². The molecular weight excluding hydrogens is 357 g/mol. The van der Waals surface area contributed by atoms with Crippen LogP contribution in [0.5, 0.6) is 5.75 Å². The maximum absolute atomic E-state index is 13.5. The highest BCUT2D eigenvalue weighted by Crippen LogP contribution is 2.26. The molecule has 0 unspecified atom stereocenters. The van der Waals surface area contributed by atoms with Gasteiger partial charge in [-0.25, -0.2) is 17.5 Å². The van der Waals surface area contributed by atoms with Crippen LogP contribution >= 0.6 is 0 Å². The highest BCUT2D eigenvalue weighted by atomic mass is 32.2. The van der Waals surface area contributed by atoms with E-state index in [0.717, 1.165) is 37.7 Å². The molecule has 1 aromatic heterocycles. The smallest absolute Gasteiger partial charge is 0.244 e. The summed E-state index contributed by atoms with van der Waals surface area (Å²) in [6, 6.07) is 7.39. The van der Waals surface area contributed by atoms with Gasteiger partial charge in [0.05, 0.1) is 19.0 Å². The molecule has 1 saturated heterocycles. The van der Waals surface area contributed by atoms with Crippen molar-refractivity contribution in [3.8, 4) is 5.75 Å². The lowest BCUT2D eigenvalue weighted by Crippen LogP contribution is -2.38. The number of hydrogen-bond acceptors (Lipinski definition) is 5. The predicted octanol–water partition coefficient (Wildman–Crippen LogP) is 2.42. The van der Waals surface area contributed by atoms with Crippen molar-refractivity contribution in [2.24, 2.45) is 5.92 Å². The maximum Gasteiger partial charge on any atom is 0.244 e. The third-order valence-corrected chi connectivity index (χ3v) is 6.05. The summed E-state index contributed by atoms with van der Waals surface area (Å²) in [6.07, 6.45) is 5.32. The summed E-state index contributed by atoms with van der Waals surface area (Å²) in [6.45, 7) is 2.02. The standard InChI is InChI=1S/C18H22FN3O3S/c1-25-17-5-4-15(19)11-18(17)26(23,24)21-12-14-6-9-22(10-7-14)16-3-2-8-20-13-16/h2-5,8,11,13-14,21H,6-7,9-10,12H2,1H3. The minimum absolute atomic E-state index is 0.130. The van der Waals surface area contributed by atoms with Gasteiger partial charge in [-0.2, -0.15) is 0 Å². The molecule has 6 nitrogen and oxygen atoms in total. The van der Waals surface area contributed by atoms with Crippen LogP contribution in [0.3, 0.4) is 0 Å². The molecule has 1 aliphatic rings. The van der Waals surface area contributed by atoms with Crippen LogP contribution in [0, 0.1) is 11.7 Å². The lowest BCUT2D eigenvalue weighted by atomic mass is 9.97. The molecule has 26 heavy (non-hydrogen) atoms. The highest BCUT2D eigenvalue weighted by molar-refractivity contribution is 7.89. The van der Waals surface area contributed by atoms with Gasteiger partial charge in [0.25, 0.3) is 0 Å². The van der Waals surface area contributed by atoms with Gasteiger partial charge in [-0.05, 0) is 49.1 Å². The molecule has 0 amide bonds.